The van der Waals surface area contributed by atoms with Gasteiger partial charge in [-0.05, 0) is 13.8 Å². The molecule has 1 nitrogen and oxygen atoms in total. The molecule has 1 unspecified atom stereocenters. The maximum atomic E-state index is 12.3. The molecule has 0 aliphatic rings. The summed E-state index contributed by atoms with van der Waals surface area (Å²) in [5.41, 5.74) is 0.537. The zero-order valence-corrected chi connectivity index (χ0v) is 5.89. The highest BCUT2D eigenvalue weighted by Crippen LogP contribution is 1.92. The van der Waals surface area contributed by atoms with Gasteiger partial charge in [-0.3, -0.25) is 4.99 Å². The normalized spacial score (nSPS) is 15.2. The van der Waals surface area contributed by atoms with Crippen LogP contribution in [-0.2, 0) is 0 Å². The highest BCUT2D eigenvalue weighted by Gasteiger charge is 1.98. The Hall–Kier alpha value is -0.660. The fraction of sp³-hybridized carbons (Fsp3) is 0.571. The van der Waals surface area contributed by atoms with E-state index in [9.17, 15) is 4.39 Å². The molecular weight excluding hydrogens is 117 g/mol. The molecule has 0 aliphatic carbocycles. The van der Waals surface area contributed by atoms with Crippen LogP contribution in [0.3, 0.4) is 0 Å². The summed E-state index contributed by atoms with van der Waals surface area (Å²) in [6.45, 7) is 7.13. The minimum absolute atomic E-state index is 0.514. The lowest BCUT2D eigenvalue weighted by Gasteiger charge is -1.97. The van der Waals surface area contributed by atoms with Crippen molar-refractivity contribution in [3.63, 3.8) is 0 Å². The van der Waals surface area contributed by atoms with E-state index in [1.807, 2.05) is 0 Å². The van der Waals surface area contributed by atoms with Gasteiger partial charge < -0.3 is 0 Å². The second-order valence-electron chi connectivity index (χ2n) is 1.89. The van der Waals surface area contributed by atoms with E-state index in [1.165, 1.54) is 6.92 Å². The number of hydrogen-bond donors (Lipinski definition) is 0. The van der Waals surface area contributed by atoms with Gasteiger partial charge in [0.15, 0.2) is 0 Å². The van der Waals surface area contributed by atoms with E-state index in [4.69, 9.17) is 0 Å². The van der Waals surface area contributed by atoms with Crippen LogP contribution in [-0.4, -0.2) is 18.4 Å². The Morgan fingerprint density at radius 3 is 2.78 bits per heavy atom. The first-order chi connectivity index (χ1) is 4.18. The fourth-order valence-electron chi connectivity index (χ4n) is 0.334. The summed E-state index contributed by atoms with van der Waals surface area (Å²) in [7, 11) is 0. The fourth-order valence-corrected chi connectivity index (χ4v) is 0.334. The van der Waals surface area contributed by atoms with E-state index in [-0.39, 0.29) is 0 Å². The van der Waals surface area contributed by atoms with Crippen LogP contribution in [0, 0.1) is 0 Å². The van der Waals surface area contributed by atoms with Crippen molar-refractivity contribution in [2.24, 2.45) is 4.99 Å². The number of rotatable bonds is 3. The molecule has 0 aromatic rings. The molecule has 0 heterocycles. The second-order valence-corrected chi connectivity index (χ2v) is 1.89. The van der Waals surface area contributed by atoms with E-state index in [0.29, 0.717) is 12.3 Å². The van der Waals surface area contributed by atoms with Crippen molar-refractivity contribution in [1.82, 2.24) is 0 Å². The average molecular weight is 129 g/mol. The molecule has 0 aromatic carbocycles. The molecule has 0 aliphatic heterocycles. The molecule has 0 aromatic heterocycles. The maximum Gasteiger partial charge on any atom is 0.135 e. The largest absolute Gasteiger partial charge is 0.287 e. The lowest BCUT2D eigenvalue weighted by atomic mass is 10.3. The molecule has 2 heteroatoms. The van der Waals surface area contributed by atoms with Gasteiger partial charge in [-0.1, -0.05) is 6.08 Å². The monoisotopic (exact) mass is 129 g/mol. The lowest BCUT2D eigenvalue weighted by Crippen LogP contribution is -2.06. The van der Waals surface area contributed by atoms with Crippen molar-refractivity contribution >= 4 is 5.71 Å². The van der Waals surface area contributed by atoms with Crippen LogP contribution in [0.15, 0.2) is 17.6 Å². The predicted molar refractivity (Wildman–Crippen MR) is 38.7 cm³/mol. The molecule has 0 saturated heterocycles. The Morgan fingerprint density at radius 2 is 2.44 bits per heavy atom. The Kier molecular flexibility index (Phi) is 3.93. The van der Waals surface area contributed by atoms with Gasteiger partial charge >= 0.3 is 0 Å². The van der Waals surface area contributed by atoms with E-state index in [1.54, 1.807) is 13.0 Å². The average Bonchev–Trinajstić information content (AvgIpc) is 1.82. The van der Waals surface area contributed by atoms with Gasteiger partial charge in [0, 0.05) is 5.71 Å². The number of aliphatic imine (C=N–C) groups is 1. The van der Waals surface area contributed by atoms with Gasteiger partial charge in [0.1, 0.15) is 6.17 Å². The van der Waals surface area contributed by atoms with Gasteiger partial charge in [-0.25, -0.2) is 4.39 Å². The Balaban J connectivity index is 3.68. The first-order valence-electron chi connectivity index (χ1n) is 2.94. The minimum Gasteiger partial charge on any atom is -0.287 e. The smallest absolute Gasteiger partial charge is 0.135 e. The molecule has 0 bridgehead atoms. The summed E-state index contributed by atoms with van der Waals surface area (Å²) in [5, 5.41) is 0. The van der Waals surface area contributed by atoms with Crippen LogP contribution in [0.4, 0.5) is 4.39 Å². The number of halogens is 1. The number of alkyl halides is 1. The van der Waals surface area contributed by atoms with Crippen LogP contribution in [0.25, 0.3) is 0 Å². The van der Waals surface area contributed by atoms with E-state index in [2.05, 4.69) is 11.6 Å². The first kappa shape index (κ1) is 8.34. The molecule has 1 atom stereocenters. The van der Waals surface area contributed by atoms with E-state index >= 15 is 0 Å². The zero-order chi connectivity index (χ0) is 7.28. The Morgan fingerprint density at radius 1 is 1.89 bits per heavy atom. The third-order valence-corrected chi connectivity index (χ3v) is 1.05. The van der Waals surface area contributed by atoms with Crippen molar-refractivity contribution < 1.29 is 4.39 Å². The Bertz CT molecular complexity index is 116. The molecule has 0 amide bonds. The molecule has 52 valence electrons. The lowest BCUT2D eigenvalue weighted by molar-refractivity contribution is 0.452. The molecule has 0 fully saturated rings. The third-order valence-electron chi connectivity index (χ3n) is 1.05. The molecule has 0 saturated carbocycles. The third kappa shape index (κ3) is 3.88. The van der Waals surface area contributed by atoms with Crippen molar-refractivity contribution in [2.75, 3.05) is 6.54 Å². The highest BCUT2D eigenvalue weighted by molar-refractivity contribution is 5.85. The number of hydrogen-bond acceptors (Lipinski definition) is 1. The van der Waals surface area contributed by atoms with Gasteiger partial charge in [-0.15, -0.1) is 6.58 Å². The maximum absolute atomic E-state index is 12.3. The minimum atomic E-state index is -0.926. The van der Waals surface area contributed by atoms with Crippen molar-refractivity contribution in [3.8, 4) is 0 Å². The van der Waals surface area contributed by atoms with Crippen LogP contribution in [0.5, 0.6) is 0 Å². The van der Waals surface area contributed by atoms with E-state index in [0.717, 1.165) is 0 Å². The summed E-state index contributed by atoms with van der Waals surface area (Å²) >= 11 is 0. The molecule has 0 rings (SSSR count). The van der Waals surface area contributed by atoms with Crippen LogP contribution >= 0.6 is 0 Å². The standard InChI is InChI=1S/C7H12FN/c1-4-5-9-7(3)6(2)8/h4,6H,1,5H2,2-3H3. The molecule has 0 N–H and O–H groups in total. The van der Waals surface area contributed by atoms with Gasteiger partial charge in [0.25, 0.3) is 0 Å². The molecular formula is C7H12FN. The highest BCUT2D eigenvalue weighted by atomic mass is 19.1. The Labute approximate surface area is 55.3 Å². The topological polar surface area (TPSA) is 12.4 Å². The zero-order valence-electron chi connectivity index (χ0n) is 5.89. The van der Waals surface area contributed by atoms with Gasteiger partial charge in [0.2, 0.25) is 0 Å². The summed E-state index contributed by atoms with van der Waals surface area (Å²) in [4.78, 5) is 3.87. The summed E-state index contributed by atoms with van der Waals surface area (Å²) in [6, 6.07) is 0. The van der Waals surface area contributed by atoms with Crippen LogP contribution in [0.1, 0.15) is 13.8 Å². The summed E-state index contributed by atoms with van der Waals surface area (Å²) in [6.07, 6.45) is 0.719. The van der Waals surface area contributed by atoms with Gasteiger partial charge in [0.05, 0.1) is 6.54 Å². The van der Waals surface area contributed by atoms with Gasteiger partial charge in [-0.2, -0.15) is 0 Å². The molecule has 0 spiro atoms. The molecule has 0 radical (unpaired) electrons. The predicted octanol–water partition coefficient (Wildman–Crippen LogP) is 1.99. The first-order valence-corrected chi connectivity index (χ1v) is 2.94. The van der Waals surface area contributed by atoms with E-state index < -0.39 is 6.17 Å². The van der Waals surface area contributed by atoms with Crippen molar-refractivity contribution in [1.29, 1.82) is 0 Å². The van der Waals surface area contributed by atoms with Crippen LogP contribution < -0.4 is 0 Å². The number of nitrogens with zero attached hydrogens (tertiary/aromatic N) is 1. The SMILES string of the molecule is C=CCN=C(C)C(C)F. The van der Waals surface area contributed by atoms with Crippen molar-refractivity contribution in [2.45, 2.75) is 20.0 Å². The summed E-state index contributed by atoms with van der Waals surface area (Å²) in [5.74, 6) is 0. The summed E-state index contributed by atoms with van der Waals surface area (Å²) < 4.78 is 12.3. The quantitative estimate of drug-likeness (QED) is 0.408. The second kappa shape index (κ2) is 4.24. The van der Waals surface area contributed by atoms with Crippen molar-refractivity contribution in [3.05, 3.63) is 12.7 Å². The molecule has 9 heavy (non-hydrogen) atoms. The van der Waals surface area contributed by atoms with Crippen LogP contribution in [0.2, 0.25) is 0 Å².